The van der Waals surface area contributed by atoms with Crippen LogP contribution in [-0.4, -0.2) is 43.0 Å². The number of hydrogen-bond donors (Lipinski definition) is 1. The van der Waals surface area contributed by atoms with Crippen LogP contribution in [0.25, 0.3) is 0 Å². The van der Waals surface area contributed by atoms with Gasteiger partial charge in [-0.25, -0.2) is 4.79 Å². The Morgan fingerprint density at radius 2 is 1.62 bits per heavy atom. The van der Waals surface area contributed by atoms with Gasteiger partial charge in [0.2, 0.25) is 0 Å². The number of methoxy groups -OCH3 is 1. The summed E-state index contributed by atoms with van der Waals surface area (Å²) in [4.78, 5) is 51.4. The molecule has 0 bridgehead atoms. The van der Waals surface area contributed by atoms with Gasteiger partial charge in [0.15, 0.2) is 5.78 Å². The van der Waals surface area contributed by atoms with Gasteiger partial charge in [0.25, 0.3) is 5.69 Å². The van der Waals surface area contributed by atoms with Gasteiger partial charge in [-0.3, -0.25) is 19.7 Å². The van der Waals surface area contributed by atoms with Gasteiger partial charge < -0.3 is 19.5 Å². The lowest BCUT2D eigenvalue weighted by atomic mass is 9.67. The van der Waals surface area contributed by atoms with Gasteiger partial charge in [0.1, 0.15) is 11.7 Å². The molecule has 0 unspecified atom stereocenters. The van der Waals surface area contributed by atoms with Crippen molar-refractivity contribution in [2.45, 2.75) is 39.0 Å². The van der Waals surface area contributed by atoms with E-state index in [0.29, 0.717) is 29.1 Å². The van der Waals surface area contributed by atoms with Gasteiger partial charge in [-0.05, 0) is 50.5 Å². The summed E-state index contributed by atoms with van der Waals surface area (Å²) in [6.07, 6.45) is 0.299. The van der Waals surface area contributed by atoms with E-state index < -0.39 is 40.4 Å². The number of dihydropyridines is 1. The number of ketones is 1. The van der Waals surface area contributed by atoms with Gasteiger partial charge in [-0.1, -0.05) is 24.3 Å². The summed E-state index contributed by atoms with van der Waals surface area (Å²) in [6.45, 7) is 5.29. The minimum absolute atomic E-state index is 0.0982. The number of non-ortho nitro benzene ring substituents is 1. The van der Waals surface area contributed by atoms with Crippen LogP contribution in [0.15, 0.2) is 71.1 Å². The average molecular weight is 535 g/mol. The van der Waals surface area contributed by atoms with Crippen molar-refractivity contribution < 1.29 is 33.5 Å². The monoisotopic (exact) mass is 534 g/mol. The quantitative estimate of drug-likeness (QED) is 0.227. The van der Waals surface area contributed by atoms with E-state index in [1.165, 1.54) is 24.3 Å². The Morgan fingerprint density at radius 1 is 1.00 bits per heavy atom. The molecule has 2 aromatic rings. The summed E-state index contributed by atoms with van der Waals surface area (Å²) < 4.78 is 15.9. The highest BCUT2D eigenvalue weighted by Gasteiger charge is 2.49. The predicted octanol–water partition coefficient (Wildman–Crippen LogP) is 4.32. The van der Waals surface area contributed by atoms with Crippen LogP contribution in [0, 0.1) is 16.0 Å². The molecule has 0 spiro atoms. The largest absolute Gasteiger partial charge is 0.497 e. The topological polar surface area (TPSA) is 134 Å². The fraction of sp³-hybridized carbons (Fsp3) is 0.345. The van der Waals surface area contributed by atoms with Crippen molar-refractivity contribution in [3.05, 3.63) is 92.3 Å². The van der Waals surface area contributed by atoms with E-state index in [1.54, 1.807) is 40.0 Å². The summed E-state index contributed by atoms with van der Waals surface area (Å²) in [5.74, 6) is -3.66. The van der Waals surface area contributed by atoms with Crippen molar-refractivity contribution in [1.29, 1.82) is 0 Å². The number of Topliss-reactive ketones (excluding diaryl/α,β-unsaturated/α-hetero) is 1. The Morgan fingerprint density at radius 3 is 2.18 bits per heavy atom. The van der Waals surface area contributed by atoms with Crippen molar-refractivity contribution in [1.82, 2.24) is 5.32 Å². The van der Waals surface area contributed by atoms with E-state index in [4.69, 9.17) is 14.2 Å². The molecular formula is C29H30N2O8. The highest BCUT2D eigenvalue weighted by atomic mass is 16.6. The van der Waals surface area contributed by atoms with Crippen LogP contribution in [0.5, 0.6) is 5.75 Å². The third kappa shape index (κ3) is 5.27. The normalized spacial score (nSPS) is 20.6. The van der Waals surface area contributed by atoms with Crippen LogP contribution >= 0.6 is 0 Å². The average Bonchev–Trinajstić information content (AvgIpc) is 2.92. The van der Waals surface area contributed by atoms with E-state index in [0.717, 1.165) is 5.56 Å². The number of nitrogens with one attached hydrogen (secondary N) is 1. The fourth-order valence-electron chi connectivity index (χ4n) is 5.30. The Kier molecular flexibility index (Phi) is 8.13. The highest BCUT2D eigenvalue weighted by molar-refractivity contribution is 6.13. The number of allylic oxidation sites excluding steroid dienone is 3. The third-order valence-corrected chi connectivity index (χ3v) is 7.04. The predicted molar refractivity (Wildman–Crippen MR) is 141 cm³/mol. The second-order valence-corrected chi connectivity index (χ2v) is 9.24. The fourth-order valence-corrected chi connectivity index (χ4v) is 5.30. The molecule has 39 heavy (non-hydrogen) atoms. The van der Waals surface area contributed by atoms with Crippen molar-refractivity contribution in [2.24, 2.45) is 5.92 Å². The van der Waals surface area contributed by atoms with Crippen molar-refractivity contribution in [2.75, 3.05) is 20.3 Å². The van der Waals surface area contributed by atoms with E-state index in [9.17, 15) is 24.5 Å². The molecule has 0 radical (unpaired) electrons. The summed E-state index contributed by atoms with van der Waals surface area (Å²) in [6, 6.07) is 12.9. The van der Waals surface area contributed by atoms with Gasteiger partial charge in [-0.2, -0.15) is 0 Å². The minimum atomic E-state index is -1.15. The van der Waals surface area contributed by atoms with Crippen LogP contribution in [0.2, 0.25) is 0 Å². The first kappa shape index (κ1) is 27.6. The molecule has 0 fully saturated rings. The molecule has 1 N–H and O–H groups in total. The molecule has 10 heteroatoms. The smallest absolute Gasteiger partial charge is 0.336 e. The van der Waals surface area contributed by atoms with Crippen molar-refractivity contribution in [3.8, 4) is 5.75 Å². The number of ether oxygens (including phenoxy) is 3. The Labute approximate surface area is 225 Å². The molecule has 4 rings (SSSR count). The molecule has 204 valence electrons. The molecule has 1 aliphatic heterocycles. The number of rotatable bonds is 8. The van der Waals surface area contributed by atoms with Gasteiger partial charge in [0.05, 0.1) is 30.8 Å². The first-order valence-corrected chi connectivity index (χ1v) is 12.7. The molecule has 2 aliphatic rings. The number of esters is 2. The molecule has 0 saturated carbocycles. The van der Waals surface area contributed by atoms with Crippen LogP contribution in [-0.2, 0) is 23.9 Å². The van der Waals surface area contributed by atoms with E-state index >= 15 is 0 Å². The van der Waals surface area contributed by atoms with E-state index in [-0.39, 0.29) is 30.0 Å². The first-order chi connectivity index (χ1) is 18.7. The van der Waals surface area contributed by atoms with Gasteiger partial charge >= 0.3 is 11.9 Å². The molecule has 0 amide bonds. The molecule has 1 heterocycles. The van der Waals surface area contributed by atoms with Gasteiger partial charge in [-0.15, -0.1) is 0 Å². The number of carbonyl (C=O) groups excluding carboxylic acids is 3. The van der Waals surface area contributed by atoms with E-state index in [2.05, 4.69) is 5.32 Å². The van der Waals surface area contributed by atoms with Crippen LogP contribution in [0.3, 0.4) is 0 Å². The van der Waals surface area contributed by atoms with Crippen LogP contribution in [0.4, 0.5) is 5.69 Å². The second kappa shape index (κ2) is 11.5. The van der Waals surface area contributed by atoms with Crippen molar-refractivity contribution >= 4 is 23.4 Å². The first-order valence-electron chi connectivity index (χ1n) is 12.7. The molecule has 2 aromatic carbocycles. The standard InChI is InChI=1S/C29H30N2O8/c1-5-38-28(33)23-16(3)30-22-15-21(17-9-13-20(37-4)14-10-17)25(29(34)39-6-2)27(32)26(22)24(23)18-7-11-19(12-8-18)31(35)36/h7-14,21,24-25,30H,5-6,15H2,1-4H3/t21-,24+,25+/m0/s1. The summed E-state index contributed by atoms with van der Waals surface area (Å²) >= 11 is 0. The maximum Gasteiger partial charge on any atom is 0.336 e. The number of benzene rings is 2. The zero-order valence-electron chi connectivity index (χ0n) is 22.2. The number of nitro groups is 1. The van der Waals surface area contributed by atoms with Crippen LogP contribution < -0.4 is 10.1 Å². The zero-order valence-corrected chi connectivity index (χ0v) is 22.2. The van der Waals surface area contributed by atoms with Crippen molar-refractivity contribution in [3.63, 3.8) is 0 Å². The highest BCUT2D eigenvalue weighted by Crippen LogP contribution is 2.48. The Hall–Kier alpha value is -4.47. The maximum atomic E-state index is 14.3. The Balaban J connectivity index is 1.88. The number of nitro benzene ring substituents is 1. The lowest BCUT2D eigenvalue weighted by Crippen LogP contribution is -2.43. The zero-order chi connectivity index (χ0) is 28.3. The molecule has 0 aromatic heterocycles. The molecule has 1 aliphatic carbocycles. The molecular weight excluding hydrogens is 504 g/mol. The Bertz CT molecular complexity index is 1360. The summed E-state index contributed by atoms with van der Waals surface area (Å²) in [5, 5.41) is 14.5. The summed E-state index contributed by atoms with van der Waals surface area (Å²) in [5.41, 5.74) is 2.68. The molecule has 0 saturated heterocycles. The SMILES string of the molecule is CCOC(=O)C1=C(C)NC2=C(C(=O)[C@H](C(=O)OCC)[C@H](c3ccc(OC)cc3)C2)[C@@H]1c1ccc([N+](=O)[O-])cc1. The molecule has 3 atom stereocenters. The summed E-state index contributed by atoms with van der Waals surface area (Å²) in [7, 11) is 1.55. The molecule has 10 nitrogen and oxygen atoms in total. The maximum absolute atomic E-state index is 14.3. The minimum Gasteiger partial charge on any atom is -0.497 e. The number of hydrogen-bond acceptors (Lipinski definition) is 9. The lowest BCUT2D eigenvalue weighted by Gasteiger charge is -2.39. The van der Waals surface area contributed by atoms with E-state index in [1.807, 2.05) is 12.1 Å². The third-order valence-electron chi connectivity index (χ3n) is 7.04. The lowest BCUT2D eigenvalue weighted by molar-refractivity contribution is -0.384. The number of nitrogens with zero attached hydrogens (tertiary/aromatic N) is 1. The second-order valence-electron chi connectivity index (χ2n) is 9.24. The number of carbonyl (C=O) groups is 3. The van der Waals surface area contributed by atoms with Gasteiger partial charge in [0, 0.05) is 40.9 Å². The van der Waals surface area contributed by atoms with Crippen LogP contribution in [0.1, 0.15) is 50.2 Å².